The highest BCUT2D eigenvalue weighted by atomic mass is 16.5. The molecular formula is C14H24N2O. The second-order valence-electron chi connectivity index (χ2n) is 4.47. The van der Waals surface area contributed by atoms with Crippen LogP contribution >= 0.6 is 0 Å². The van der Waals surface area contributed by atoms with Gasteiger partial charge in [0.25, 0.3) is 0 Å². The SMILES string of the molecule is CCCCCCC(C)Oc1ccncc1CN. The summed E-state index contributed by atoms with van der Waals surface area (Å²) < 4.78 is 5.90. The summed E-state index contributed by atoms with van der Waals surface area (Å²) in [6.45, 7) is 4.82. The van der Waals surface area contributed by atoms with Crippen molar-refractivity contribution in [3.8, 4) is 5.75 Å². The molecule has 0 aliphatic heterocycles. The van der Waals surface area contributed by atoms with Gasteiger partial charge in [0.05, 0.1) is 6.10 Å². The largest absolute Gasteiger partial charge is 0.490 e. The van der Waals surface area contributed by atoms with Crippen molar-refractivity contribution in [2.75, 3.05) is 0 Å². The second-order valence-corrected chi connectivity index (χ2v) is 4.47. The molecular weight excluding hydrogens is 212 g/mol. The zero-order chi connectivity index (χ0) is 12.5. The van der Waals surface area contributed by atoms with E-state index in [1.54, 1.807) is 12.4 Å². The van der Waals surface area contributed by atoms with Gasteiger partial charge in [-0.15, -0.1) is 0 Å². The Morgan fingerprint density at radius 1 is 1.35 bits per heavy atom. The van der Waals surface area contributed by atoms with E-state index in [2.05, 4.69) is 18.8 Å². The van der Waals surface area contributed by atoms with Gasteiger partial charge in [0.2, 0.25) is 0 Å². The first-order valence-electron chi connectivity index (χ1n) is 6.57. The molecule has 3 nitrogen and oxygen atoms in total. The summed E-state index contributed by atoms with van der Waals surface area (Å²) >= 11 is 0. The van der Waals surface area contributed by atoms with Crippen molar-refractivity contribution >= 4 is 0 Å². The zero-order valence-corrected chi connectivity index (χ0v) is 11.0. The molecule has 1 aromatic heterocycles. The molecule has 0 fully saturated rings. The van der Waals surface area contributed by atoms with Crippen LogP contribution in [0.2, 0.25) is 0 Å². The van der Waals surface area contributed by atoms with Crippen LogP contribution in [0.1, 0.15) is 51.5 Å². The highest BCUT2D eigenvalue weighted by Crippen LogP contribution is 2.19. The summed E-state index contributed by atoms with van der Waals surface area (Å²) in [5.41, 5.74) is 6.63. The van der Waals surface area contributed by atoms with Crippen LogP contribution in [0.15, 0.2) is 18.5 Å². The van der Waals surface area contributed by atoms with E-state index in [4.69, 9.17) is 10.5 Å². The highest BCUT2D eigenvalue weighted by Gasteiger charge is 2.07. The van der Waals surface area contributed by atoms with Crippen molar-refractivity contribution in [1.82, 2.24) is 4.98 Å². The minimum atomic E-state index is 0.250. The minimum Gasteiger partial charge on any atom is -0.490 e. The maximum atomic E-state index is 5.90. The number of nitrogens with zero attached hydrogens (tertiary/aromatic N) is 1. The summed E-state index contributed by atoms with van der Waals surface area (Å²) in [7, 11) is 0. The quantitative estimate of drug-likeness (QED) is 0.705. The van der Waals surface area contributed by atoms with Crippen molar-refractivity contribution in [3.05, 3.63) is 24.0 Å². The molecule has 0 radical (unpaired) electrons. The van der Waals surface area contributed by atoms with Crippen LogP contribution in [0.25, 0.3) is 0 Å². The van der Waals surface area contributed by atoms with Gasteiger partial charge in [0.15, 0.2) is 0 Å². The van der Waals surface area contributed by atoms with E-state index in [-0.39, 0.29) is 6.10 Å². The third kappa shape index (κ3) is 5.18. The lowest BCUT2D eigenvalue weighted by Crippen LogP contribution is -2.13. The van der Waals surface area contributed by atoms with Gasteiger partial charge in [-0.25, -0.2) is 0 Å². The van der Waals surface area contributed by atoms with E-state index in [1.807, 2.05) is 6.07 Å². The lowest BCUT2D eigenvalue weighted by molar-refractivity contribution is 0.204. The first-order valence-corrected chi connectivity index (χ1v) is 6.57. The van der Waals surface area contributed by atoms with Gasteiger partial charge in [-0.3, -0.25) is 4.98 Å². The summed E-state index contributed by atoms with van der Waals surface area (Å²) in [4.78, 5) is 4.05. The molecule has 0 saturated heterocycles. The van der Waals surface area contributed by atoms with Gasteiger partial charge in [-0.05, 0) is 25.8 Å². The van der Waals surface area contributed by atoms with Gasteiger partial charge in [-0.2, -0.15) is 0 Å². The smallest absolute Gasteiger partial charge is 0.127 e. The average molecular weight is 236 g/mol. The molecule has 0 aromatic carbocycles. The van der Waals surface area contributed by atoms with E-state index in [0.29, 0.717) is 6.54 Å². The first-order chi connectivity index (χ1) is 8.27. The van der Waals surface area contributed by atoms with Crippen LogP contribution in [-0.4, -0.2) is 11.1 Å². The van der Waals surface area contributed by atoms with Crippen molar-refractivity contribution < 1.29 is 4.74 Å². The van der Waals surface area contributed by atoms with E-state index in [1.165, 1.54) is 25.7 Å². The van der Waals surface area contributed by atoms with Gasteiger partial charge < -0.3 is 10.5 Å². The topological polar surface area (TPSA) is 48.1 Å². The van der Waals surface area contributed by atoms with Gasteiger partial charge in [0, 0.05) is 24.5 Å². The standard InChI is InChI=1S/C14H24N2O/c1-3-4-5-6-7-12(2)17-14-8-9-16-11-13(14)10-15/h8-9,11-12H,3-7,10,15H2,1-2H3. The Labute approximate surface area is 104 Å². The highest BCUT2D eigenvalue weighted by molar-refractivity contribution is 5.29. The van der Waals surface area contributed by atoms with Crippen LogP contribution in [0, 0.1) is 0 Å². The van der Waals surface area contributed by atoms with E-state index < -0.39 is 0 Å². The Balaban J connectivity index is 2.36. The van der Waals surface area contributed by atoms with E-state index in [9.17, 15) is 0 Å². The van der Waals surface area contributed by atoms with Crippen molar-refractivity contribution in [2.24, 2.45) is 5.73 Å². The Bertz CT molecular complexity index is 315. The summed E-state index contributed by atoms with van der Waals surface area (Å²) in [5.74, 6) is 0.880. The van der Waals surface area contributed by atoms with Crippen molar-refractivity contribution in [3.63, 3.8) is 0 Å². The van der Waals surface area contributed by atoms with Crippen LogP contribution in [0.3, 0.4) is 0 Å². The van der Waals surface area contributed by atoms with E-state index in [0.717, 1.165) is 17.7 Å². The molecule has 1 unspecified atom stereocenters. The summed E-state index contributed by atoms with van der Waals surface area (Å²) in [6.07, 6.45) is 10.00. The molecule has 1 heterocycles. The van der Waals surface area contributed by atoms with Crippen LogP contribution in [0.4, 0.5) is 0 Å². The Morgan fingerprint density at radius 2 is 2.18 bits per heavy atom. The zero-order valence-electron chi connectivity index (χ0n) is 11.0. The third-order valence-corrected chi connectivity index (χ3v) is 2.87. The molecule has 1 rings (SSSR count). The average Bonchev–Trinajstić information content (AvgIpc) is 2.35. The molecule has 0 aliphatic rings. The number of pyridine rings is 1. The molecule has 1 aromatic rings. The van der Waals surface area contributed by atoms with Crippen molar-refractivity contribution in [1.29, 1.82) is 0 Å². The van der Waals surface area contributed by atoms with Crippen LogP contribution in [0.5, 0.6) is 5.75 Å². The Hall–Kier alpha value is -1.09. The van der Waals surface area contributed by atoms with Crippen LogP contribution in [-0.2, 0) is 6.54 Å². The Morgan fingerprint density at radius 3 is 2.88 bits per heavy atom. The molecule has 96 valence electrons. The number of aromatic nitrogens is 1. The number of ether oxygens (including phenoxy) is 1. The molecule has 17 heavy (non-hydrogen) atoms. The second kappa shape index (κ2) is 8.07. The molecule has 1 atom stereocenters. The normalized spacial score (nSPS) is 12.4. The summed E-state index contributed by atoms with van der Waals surface area (Å²) in [5, 5.41) is 0. The molecule has 0 bridgehead atoms. The third-order valence-electron chi connectivity index (χ3n) is 2.87. The minimum absolute atomic E-state index is 0.250. The molecule has 0 aliphatic carbocycles. The fraction of sp³-hybridized carbons (Fsp3) is 0.643. The maximum absolute atomic E-state index is 5.90. The molecule has 2 N–H and O–H groups in total. The maximum Gasteiger partial charge on any atom is 0.127 e. The molecule has 3 heteroatoms. The molecule has 0 spiro atoms. The van der Waals surface area contributed by atoms with E-state index >= 15 is 0 Å². The number of unbranched alkanes of at least 4 members (excludes halogenated alkanes) is 3. The lowest BCUT2D eigenvalue weighted by atomic mass is 10.1. The molecule has 0 amide bonds. The van der Waals surface area contributed by atoms with Crippen LogP contribution < -0.4 is 10.5 Å². The number of nitrogens with two attached hydrogens (primary N) is 1. The first kappa shape index (κ1) is 14.0. The van der Waals surface area contributed by atoms with Crippen molar-refractivity contribution in [2.45, 2.75) is 58.6 Å². The lowest BCUT2D eigenvalue weighted by Gasteiger charge is -2.16. The summed E-state index contributed by atoms with van der Waals surface area (Å²) in [6, 6.07) is 1.89. The number of rotatable bonds is 8. The monoisotopic (exact) mass is 236 g/mol. The Kier molecular flexibility index (Phi) is 6.63. The predicted molar refractivity (Wildman–Crippen MR) is 71.0 cm³/mol. The van der Waals surface area contributed by atoms with Gasteiger partial charge >= 0.3 is 0 Å². The number of hydrogen-bond acceptors (Lipinski definition) is 3. The fourth-order valence-electron chi connectivity index (χ4n) is 1.82. The van der Waals surface area contributed by atoms with Gasteiger partial charge in [-0.1, -0.05) is 26.2 Å². The van der Waals surface area contributed by atoms with Gasteiger partial charge in [0.1, 0.15) is 5.75 Å². The fourth-order valence-corrected chi connectivity index (χ4v) is 1.82. The molecule has 0 saturated carbocycles. The predicted octanol–water partition coefficient (Wildman–Crippen LogP) is 3.28. The number of hydrogen-bond donors (Lipinski definition) is 1.